The summed E-state index contributed by atoms with van der Waals surface area (Å²) in [7, 11) is 0. The van der Waals surface area contributed by atoms with Crippen molar-refractivity contribution in [2.45, 2.75) is 50.8 Å². The van der Waals surface area contributed by atoms with E-state index in [1.54, 1.807) is 0 Å². The van der Waals surface area contributed by atoms with E-state index in [9.17, 15) is 5.11 Å². The average Bonchev–Trinajstić information content (AvgIpc) is 2.53. The van der Waals surface area contributed by atoms with Crippen LogP contribution in [0.1, 0.15) is 37.7 Å². The van der Waals surface area contributed by atoms with Crippen LogP contribution in [0, 0.1) is 0 Å². The van der Waals surface area contributed by atoms with Crippen LogP contribution in [0.5, 0.6) is 0 Å². The third-order valence-corrected chi connectivity index (χ3v) is 3.86. The first-order valence-corrected chi connectivity index (χ1v) is 6.80. The third kappa shape index (κ3) is 3.70. The van der Waals surface area contributed by atoms with Crippen molar-refractivity contribution in [3.8, 4) is 0 Å². The van der Waals surface area contributed by atoms with Gasteiger partial charge in [0.25, 0.3) is 0 Å². The predicted octanol–water partition coefficient (Wildman–Crippen LogP) is 3.12. The highest BCUT2D eigenvalue weighted by Crippen LogP contribution is 2.20. The number of hydrogen-bond donors (Lipinski definition) is 2. The van der Waals surface area contributed by atoms with Gasteiger partial charge in [0.2, 0.25) is 0 Å². The number of aliphatic hydroxyl groups is 1. The van der Waals surface area contributed by atoms with Crippen LogP contribution in [0.15, 0.2) is 24.3 Å². The Kier molecular flexibility index (Phi) is 4.84. The molecular weight excluding hydrogens is 234 g/mol. The first kappa shape index (κ1) is 12.9. The summed E-state index contributed by atoms with van der Waals surface area (Å²) in [5, 5.41) is 14.2. The zero-order valence-corrected chi connectivity index (χ0v) is 10.8. The van der Waals surface area contributed by atoms with E-state index in [0.717, 1.165) is 36.4 Å². The Bertz CT molecular complexity index is 356. The van der Waals surface area contributed by atoms with Crippen LogP contribution in [0.25, 0.3) is 0 Å². The summed E-state index contributed by atoms with van der Waals surface area (Å²) in [5.74, 6) is 0. The fourth-order valence-electron chi connectivity index (χ4n) is 2.41. The molecule has 94 valence electrons. The maximum Gasteiger partial charge on any atom is 0.0693 e. The summed E-state index contributed by atoms with van der Waals surface area (Å²) in [6.07, 6.45) is 5.36. The van der Waals surface area contributed by atoms with E-state index < -0.39 is 0 Å². The molecule has 0 spiro atoms. The van der Waals surface area contributed by atoms with E-state index >= 15 is 0 Å². The Labute approximate surface area is 108 Å². The number of hydrogen-bond acceptors (Lipinski definition) is 2. The van der Waals surface area contributed by atoms with Gasteiger partial charge in [-0.1, -0.05) is 49.1 Å². The lowest BCUT2D eigenvalue weighted by atomic mass is 10.1. The van der Waals surface area contributed by atoms with Gasteiger partial charge in [-0.2, -0.15) is 0 Å². The first-order chi connectivity index (χ1) is 8.27. The molecule has 2 unspecified atom stereocenters. The van der Waals surface area contributed by atoms with E-state index in [-0.39, 0.29) is 12.1 Å². The number of benzene rings is 1. The molecule has 1 saturated carbocycles. The topological polar surface area (TPSA) is 32.3 Å². The number of nitrogens with one attached hydrogen (secondary N) is 1. The number of aliphatic hydroxyl groups excluding tert-OH is 1. The molecule has 0 radical (unpaired) electrons. The summed E-state index contributed by atoms with van der Waals surface area (Å²) in [5.41, 5.74) is 1.10. The Morgan fingerprint density at radius 3 is 2.76 bits per heavy atom. The van der Waals surface area contributed by atoms with Crippen molar-refractivity contribution in [2.24, 2.45) is 0 Å². The zero-order valence-electron chi connectivity index (χ0n) is 10.0. The molecule has 2 atom stereocenters. The van der Waals surface area contributed by atoms with Gasteiger partial charge in [-0.05, 0) is 24.5 Å². The Hall–Kier alpha value is -0.570. The smallest absolute Gasteiger partial charge is 0.0693 e. The minimum atomic E-state index is -0.208. The van der Waals surface area contributed by atoms with Crippen molar-refractivity contribution >= 4 is 11.6 Å². The van der Waals surface area contributed by atoms with E-state index in [1.807, 2.05) is 24.3 Å². The molecule has 2 nitrogen and oxygen atoms in total. The predicted molar refractivity (Wildman–Crippen MR) is 71.2 cm³/mol. The van der Waals surface area contributed by atoms with Crippen molar-refractivity contribution in [1.82, 2.24) is 5.32 Å². The molecule has 2 N–H and O–H groups in total. The normalized spacial score (nSPS) is 25.5. The molecule has 1 aliphatic carbocycles. The Morgan fingerprint density at radius 1 is 1.18 bits per heavy atom. The molecule has 0 aliphatic heterocycles. The van der Waals surface area contributed by atoms with Gasteiger partial charge >= 0.3 is 0 Å². The highest BCUT2D eigenvalue weighted by molar-refractivity contribution is 6.31. The second-order valence-electron chi connectivity index (χ2n) is 4.78. The molecule has 1 aliphatic rings. The molecule has 0 amide bonds. The lowest BCUT2D eigenvalue weighted by molar-refractivity contribution is 0.119. The standard InChI is InChI=1S/C14H20ClNO/c15-12-7-5-4-6-11(12)10-16-13-8-2-1-3-9-14(13)17/h4-7,13-14,16-17H,1-3,8-10H2. The minimum Gasteiger partial charge on any atom is -0.392 e. The van der Waals surface area contributed by atoms with E-state index in [2.05, 4.69) is 5.32 Å². The Morgan fingerprint density at radius 2 is 1.94 bits per heavy atom. The van der Waals surface area contributed by atoms with Crippen LogP contribution in [0.2, 0.25) is 5.02 Å². The fraction of sp³-hybridized carbons (Fsp3) is 0.571. The molecule has 2 rings (SSSR count). The summed E-state index contributed by atoms with van der Waals surface area (Å²) in [4.78, 5) is 0. The van der Waals surface area contributed by atoms with Crippen LogP contribution in [-0.4, -0.2) is 17.3 Å². The van der Waals surface area contributed by atoms with Gasteiger partial charge in [0, 0.05) is 17.6 Å². The Balaban J connectivity index is 1.90. The van der Waals surface area contributed by atoms with Crippen molar-refractivity contribution in [2.75, 3.05) is 0 Å². The lowest BCUT2D eigenvalue weighted by Crippen LogP contribution is -2.38. The van der Waals surface area contributed by atoms with Gasteiger partial charge in [0.15, 0.2) is 0 Å². The highest BCUT2D eigenvalue weighted by Gasteiger charge is 2.20. The van der Waals surface area contributed by atoms with E-state index in [4.69, 9.17) is 11.6 Å². The second kappa shape index (κ2) is 6.39. The van der Waals surface area contributed by atoms with Crippen molar-refractivity contribution in [3.63, 3.8) is 0 Å². The van der Waals surface area contributed by atoms with Crippen LogP contribution < -0.4 is 5.32 Å². The summed E-state index contributed by atoms with van der Waals surface area (Å²) < 4.78 is 0. The first-order valence-electron chi connectivity index (χ1n) is 6.42. The van der Waals surface area contributed by atoms with Gasteiger partial charge in [0.1, 0.15) is 0 Å². The summed E-state index contributed by atoms with van der Waals surface area (Å²) >= 11 is 6.11. The van der Waals surface area contributed by atoms with Gasteiger partial charge in [-0.3, -0.25) is 0 Å². The monoisotopic (exact) mass is 253 g/mol. The van der Waals surface area contributed by atoms with E-state index in [1.165, 1.54) is 12.8 Å². The van der Waals surface area contributed by atoms with Crippen LogP contribution in [0.4, 0.5) is 0 Å². The van der Waals surface area contributed by atoms with Crippen molar-refractivity contribution in [3.05, 3.63) is 34.9 Å². The molecule has 0 heterocycles. The quantitative estimate of drug-likeness (QED) is 0.812. The zero-order chi connectivity index (χ0) is 12.1. The molecule has 17 heavy (non-hydrogen) atoms. The molecule has 1 aromatic carbocycles. The van der Waals surface area contributed by atoms with Crippen LogP contribution in [-0.2, 0) is 6.54 Å². The summed E-state index contributed by atoms with van der Waals surface area (Å²) in [6, 6.07) is 8.08. The molecule has 0 bridgehead atoms. The average molecular weight is 254 g/mol. The van der Waals surface area contributed by atoms with Crippen molar-refractivity contribution in [1.29, 1.82) is 0 Å². The maximum atomic E-state index is 10.0. The maximum absolute atomic E-state index is 10.0. The summed E-state index contributed by atoms with van der Waals surface area (Å²) in [6.45, 7) is 0.738. The van der Waals surface area contributed by atoms with Gasteiger partial charge < -0.3 is 10.4 Å². The molecule has 0 aromatic heterocycles. The van der Waals surface area contributed by atoms with E-state index in [0.29, 0.717) is 0 Å². The third-order valence-electron chi connectivity index (χ3n) is 3.49. The molecule has 0 saturated heterocycles. The second-order valence-corrected chi connectivity index (χ2v) is 5.19. The van der Waals surface area contributed by atoms with Crippen LogP contribution >= 0.6 is 11.6 Å². The number of rotatable bonds is 3. The minimum absolute atomic E-state index is 0.208. The molecule has 3 heteroatoms. The fourth-order valence-corrected chi connectivity index (χ4v) is 2.61. The van der Waals surface area contributed by atoms with Crippen LogP contribution in [0.3, 0.4) is 0 Å². The van der Waals surface area contributed by atoms with Crippen molar-refractivity contribution < 1.29 is 5.11 Å². The van der Waals surface area contributed by atoms with Gasteiger partial charge in [-0.25, -0.2) is 0 Å². The number of halogens is 1. The SMILES string of the molecule is OC1CCCCCC1NCc1ccccc1Cl. The largest absolute Gasteiger partial charge is 0.392 e. The molecule has 1 aromatic rings. The lowest BCUT2D eigenvalue weighted by Gasteiger charge is -2.22. The molecule has 1 fully saturated rings. The highest BCUT2D eigenvalue weighted by atomic mass is 35.5. The van der Waals surface area contributed by atoms with Gasteiger partial charge in [-0.15, -0.1) is 0 Å². The molecular formula is C14H20ClNO. The van der Waals surface area contributed by atoms with Gasteiger partial charge in [0.05, 0.1) is 6.10 Å².